The number of hydrogen-bond acceptors (Lipinski definition) is 5. The van der Waals surface area contributed by atoms with Gasteiger partial charge in [0, 0.05) is 12.0 Å². The van der Waals surface area contributed by atoms with E-state index in [1.165, 1.54) is 6.92 Å². The highest BCUT2D eigenvalue weighted by Gasteiger charge is 2.37. The number of alkyl carbamates (subject to hydrolysis) is 1. The first-order valence-corrected chi connectivity index (χ1v) is 9.08. The van der Waals surface area contributed by atoms with Gasteiger partial charge in [0.1, 0.15) is 28.9 Å². The maximum absolute atomic E-state index is 12.1. The molecule has 2 N–H and O–H groups in total. The molecule has 0 saturated carbocycles. The summed E-state index contributed by atoms with van der Waals surface area (Å²) in [5, 5.41) is 12.2. The minimum absolute atomic E-state index is 0.0236. The molecule has 2 aromatic rings. The minimum Gasteiger partial charge on any atom is -0.480 e. The first kappa shape index (κ1) is 21.9. The molecule has 0 radical (unpaired) electrons. The molecule has 0 aliphatic rings. The van der Waals surface area contributed by atoms with Gasteiger partial charge in [0.05, 0.1) is 0 Å². The molecule has 0 bridgehead atoms. The highest BCUT2D eigenvalue weighted by atomic mass is 16.6. The molecule has 1 unspecified atom stereocenters. The molecule has 7 heteroatoms. The van der Waals surface area contributed by atoms with Gasteiger partial charge >= 0.3 is 12.1 Å². The van der Waals surface area contributed by atoms with E-state index in [1.807, 2.05) is 0 Å². The Kier molecular flexibility index (Phi) is 6.64. The maximum atomic E-state index is 12.1. The van der Waals surface area contributed by atoms with Crippen molar-refractivity contribution >= 4 is 18.3 Å². The van der Waals surface area contributed by atoms with Crippen LogP contribution in [0.15, 0.2) is 48.5 Å². The Labute approximate surface area is 169 Å². The van der Waals surface area contributed by atoms with Crippen LogP contribution >= 0.6 is 0 Å². The van der Waals surface area contributed by atoms with Crippen LogP contribution in [-0.2, 0) is 16.0 Å². The summed E-state index contributed by atoms with van der Waals surface area (Å²) in [6.45, 7) is 6.51. The van der Waals surface area contributed by atoms with Gasteiger partial charge in [-0.15, -0.1) is 0 Å². The number of aldehydes is 1. The second kappa shape index (κ2) is 8.77. The summed E-state index contributed by atoms with van der Waals surface area (Å²) in [5.41, 5.74) is -1.25. The second-order valence-corrected chi connectivity index (χ2v) is 7.84. The first-order valence-electron chi connectivity index (χ1n) is 9.08. The van der Waals surface area contributed by atoms with Gasteiger partial charge in [0.2, 0.25) is 0 Å². The van der Waals surface area contributed by atoms with Crippen molar-refractivity contribution in [3.05, 3.63) is 59.7 Å². The van der Waals surface area contributed by atoms with Crippen LogP contribution in [0.25, 0.3) is 0 Å². The molecule has 7 nitrogen and oxygen atoms in total. The Balaban J connectivity index is 2.24. The van der Waals surface area contributed by atoms with E-state index in [4.69, 9.17) is 9.47 Å². The number of carboxylic acid groups (broad SMARTS) is 1. The van der Waals surface area contributed by atoms with Crippen LogP contribution in [0, 0.1) is 0 Å². The van der Waals surface area contributed by atoms with Crippen molar-refractivity contribution in [1.29, 1.82) is 0 Å². The zero-order valence-corrected chi connectivity index (χ0v) is 16.9. The summed E-state index contributed by atoms with van der Waals surface area (Å²) in [5.74, 6) is -0.251. The van der Waals surface area contributed by atoms with Gasteiger partial charge in [-0.2, -0.15) is 0 Å². The number of carbonyl (C=O) groups excluding carboxylic acids is 2. The molecule has 1 atom stereocenters. The molecule has 0 spiro atoms. The third-order valence-corrected chi connectivity index (χ3v) is 4.01. The predicted octanol–water partition coefficient (Wildman–Crippen LogP) is 4.20. The Morgan fingerprint density at radius 1 is 1.03 bits per heavy atom. The maximum Gasteiger partial charge on any atom is 0.408 e. The van der Waals surface area contributed by atoms with E-state index in [0.29, 0.717) is 22.6 Å². The lowest BCUT2D eigenvalue weighted by Crippen LogP contribution is -2.54. The van der Waals surface area contributed by atoms with E-state index >= 15 is 0 Å². The topological polar surface area (TPSA) is 102 Å². The van der Waals surface area contributed by atoms with Gasteiger partial charge in [-0.25, -0.2) is 9.59 Å². The zero-order valence-electron chi connectivity index (χ0n) is 16.9. The van der Waals surface area contributed by atoms with Crippen LogP contribution in [0.2, 0.25) is 0 Å². The summed E-state index contributed by atoms with van der Waals surface area (Å²) in [7, 11) is 0. The largest absolute Gasteiger partial charge is 0.480 e. The van der Waals surface area contributed by atoms with Gasteiger partial charge in [-0.3, -0.25) is 4.79 Å². The number of nitrogens with one attached hydrogen (secondary N) is 1. The molecule has 0 saturated heterocycles. The van der Waals surface area contributed by atoms with Gasteiger partial charge in [-0.1, -0.05) is 18.2 Å². The fourth-order valence-electron chi connectivity index (χ4n) is 2.57. The zero-order chi connectivity index (χ0) is 21.7. The summed E-state index contributed by atoms with van der Waals surface area (Å²) >= 11 is 0. The van der Waals surface area contributed by atoms with Crippen LogP contribution < -0.4 is 10.1 Å². The standard InChI is InChI=1S/C22H25NO6/c1-21(2,3)29-20(27)23-22(4,19(25)26)13-16-7-5-6-8-18(16)28-17-11-9-15(14-24)10-12-17/h5-12,14H,13H2,1-4H3,(H,23,27)(H,25,26). The Hall–Kier alpha value is -3.35. The molecule has 0 fully saturated rings. The summed E-state index contributed by atoms with van der Waals surface area (Å²) < 4.78 is 11.1. The second-order valence-electron chi connectivity index (χ2n) is 7.84. The van der Waals surface area contributed by atoms with Crippen LogP contribution in [0.1, 0.15) is 43.6 Å². The van der Waals surface area contributed by atoms with Crippen molar-refractivity contribution in [3.8, 4) is 11.5 Å². The van der Waals surface area contributed by atoms with Crippen molar-refractivity contribution < 1.29 is 29.0 Å². The van der Waals surface area contributed by atoms with Crippen LogP contribution in [0.5, 0.6) is 11.5 Å². The number of hydrogen-bond donors (Lipinski definition) is 2. The first-order chi connectivity index (χ1) is 13.5. The average molecular weight is 399 g/mol. The molecular formula is C22H25NO6. The number of rotatable bonds is 7. The van der Waals surface area contributed by atoms with E-state index in [9.17, 15) is 19.5 Å². The molecule has 0 aliphatic heterocycles. The number of benzene rings is 2. The lowest BCUT2D eigenvalue weighted by molar-refractivity contribution is -0.144. The fraction of sp³-hybridized carbons (Fsp3) is 0.318. The van der Waals surface area contributed by atoms with E-state index in [0.717, 1.165) is 6.29 Å². The molecular weight excluding hydrogens is 374 g/mol. The fourth-order valence-corrected chi connectivity index (χ4v) is 2.57. The Bertz CT molecular complexity index is 885. The number of para-hydroxylation sites is 1. The molecule has 0 aromatic heterocycles. The lowest BCUT2D eigenvalue weighted by Gasteiger charge is -2.29. The highest BCUT2D eigenvalue weighted by molar-refractivity contribution is 5.84. The van der Waals surface area contributed by atoms with E-state index in [-0.39, 0.29) is 6.42 Å². The SMILES string of the molecule is CC(C)(C)OC(=O)NC(C)(Cc1ccccc1Oc1ccc(C=O)cc1)C(=O)O. The molecule has 0 aliphatic carbocycles. The lowest BCUT2D eigenvalue weighted by atomic mass is 9.92. The van der Waals surface area contributed by atoms with Gasteiger partial charge in [0.15, 0.2) is 0 Å². The van der Waals surface area contributed by atoms with Gasteiger partial charge < -0.3 is 19.9 Å². The predicted molar refractivity (Wildman–Crippen MR) is 107 cm³/mol. The number of carbonyl (C=O) groups is 3. The molecule has 2 rings (SSSR count). The number of carboxylic acids is 1. The summed E-state index contributed by atoms with van der Waals surface area (Å²) in [6, 6.07) is 13.5. The van der Waals surface area contributed by atoms with Crippen LogP contribution in [0.3, 0.4) is 0 Å². The van der Waals surface area contributed by atoms with E-state index in [1.54, 1.807) is 69.3 Å². The Morgan fingerprint density at radius 2 is 1.66 bits per heavy atom. The summed E-state index contributed by atoms with van der Waals surface area (Å²) in [6.07, 6.45) is -0.104. The smallest absolute Gasteiger partial charge is 0.408 e. The quantitative estimate of drug-likeness (QED) is 0.677. The van der Waals surface area contributed by atoms with Crippen molar-refractivity contribution in [2.24, 2.45) is 0 Å². The van der Waals surface area contributed by atoms with Gasteiger partial charge in [0.25, 0.3) is 0 Å². The van der Waals surface area contributed by atoms with Crippen molar-refractivity contribution in [1.82, 2.24) is 5.32 Å². The van der Waals surface area contributed by atoms with E-state index < -0.39 is 23.2 Å². The highest BCUT2D eigenvalue weighted by Crippen LogP contribution is 2.28. The molecule has 0 heterocycles. The number of aliphatic carboxylic acids is 1. The Morgan fingerprint density at radius 3 is 2.21 bits per heavy atom. The third kappa shape index (κ3) is 6.34. The average Bonchev–Trinajstić information content (AvgIpc) is 2.62. The normalized spacial score (nSPS) is 13.1. The monoisotopic (exact) mass is 399 g/mol. The van der Waals surface area contributed by atoms with Crippen LogP contribution in [0.4, 0.5) is 4.79 Å². The third-order valence-electron chi connectivity index (χ3n) is 4.01. The molecule has 2 aromatic carbocycles. The number of amides is 1. The van der Waals surface area contributed by atoms with Gasteiger partial charge in [-0.05, 0) is 63.6 Å². The summed E-state index contributed by atoms with van der Waals surface area (Å²) in [4.78, 5) is 34.9. The number of ether oxygens (including phenoxy) is 2. The van der Waals surface area contributed by atoms with Crippen LogP contribution in [-0.4, -0.2) is 34.6 Å². The molecule has 1 amide bonds. The minimum atomic E-state index is -1.61. The van der Waals surface area contributed by atoms with E-state index in [2.05, 4.69) is 5.32 Å². The molecule has 154 valence electrons. The molecule has 29 heavy (non-hydrogen) atoms. The van der Waals surface area contributed by atoms with Crippen molar-refractivity contribution in [2.75, 3.05) is 0 Å². The van der Waals surface area contributed by atoms with Crippen molar-refractivity contribution in [3.63, 3.8) is 0 Å². The van der Waals surface area contributed by atoms with Crippen molar-refractivity contribution in [2.45, 2.75) is 45.3 Å².